The molecule has 0 bridgehead atoms. The molecule has 0 aromatic heterocycles. The maximum absolute atomic E-state index is 13.5. The second-order valence-corrected chi connectivity index (χ2v) is 5.76. The number of halogens is 2. The molecular weight excluding hydrogens is 268 g/mol. The van der Waals surface area contributed by atoms with Crippen molar-refractivity contribution in [3.63, 3.8) is 0 Å². The van der Waals surface area contributed by atoms with Crippen molar-refractivity contribution in [2.75, 3.05) is 5.32 Å². The molecule has 0 saturated heterocycles. The van der Waals surface area contributed by atoms with Crippen molar-refractivity contribution >= 4 is 5.69 Å². The fourth-order valence-corrected chi connectivity index (χ4v) is 3.57. The maximum atomic E-state index is 13.5. The van der Waals surface area contributed by atoms with Crippen molar-refractivity contribution in [1.29, 1.82) is 0 Å². The number of allylic oxidation sites excluding steroid dienone is 2. The first-order chi connectivity index (χ1) is 10.2. The van der Waals surface area contributed by atoms with E-state index < -0.39 is 0 Å². The maximum Gasteiger partial charge on any atom is 0.123 e. The largest absolute Gasteiger partial charge is 0.378 e. The van der Waals surface area contributed by atoms with Gasteiger partial charge in [-0.1, -0.05) is 24.3 Å². The average Bonchev–Trinajstić information content (AvgIpc) is 2.97. The summed E-state index contributed by atoms with van der Waals surface area (Å²) in [6, 6.07) is 11.7. The predicted molar refractivity (Wildman–Crippen MR) is 79.2 cm³/mol. The average molecular weight is 283 g/mol. The molecule has 106 valence electrons. The van der Waals surface area contributed by atoms with Crippen LogP contribution in [0.25, 0.3) is 0 Å². The zero-order valence-electron chi connectivity index (χ0n) is 11.4. The highest BCUT2D eigenvalue weighted by molar-refractivity contribution is 5.59. The van der Waals surface area contributed by atoms with Crippen LogP contribution in [-0.4, -0.2) is 0 Å². The Morgan fingerprint density at radius 3 is 2.52 bits per heavy atom. The van der Waals surface area contributed by atoms with Gasteiger partial charge in [0.05, 0.1) is 6.04 Å². The van der Waals surface area contributed by atoms with Crippen molar-refractivity contribution < 1.29 is 8.78 Å². The van der Waals surface area contributed by atoms with Gasteiger partial charge in [-0.15, -0.1) is 0 Å². The van der Waals surface area contributed by atoms with Gasteiger partial charge in [-0.2, -0.15) is 0 Å². The molecule has 2 aromatic rings. The highest BCUT2D eigenvalue weighted by atomic mass is 19.1. The van der Waals surface area contributed by atoms with E-state index in [0.717, 1.165) is 23.2 Å². The Labute approximate surface area is 122 Å². The van der Waals surface area contributed by atoms with E-state index in [2.05, 4.69) is 17.5 Å². The molecule has 1 aliphatic carbocycles. The van der Waals surface area contributed by atoms with Crippen LogP contribution in [-0.2, 0) is 0 Å². The van der Waals surface area contributed by atoms with Gasteiger partial charge in [-0.05, 0) is 53.8 Å². The van der Waals surface area contributed by atoms with Crippen LogP contribution in [0.1, 0.15) is 29.5 Å². The summed E-state index contributed by atoms with van der Waals surface area (Å²) in [5.41, 5.74) is 3.07. The molecule has 1 heterocycles. The molecule has 0 fully saturated rings. The summed E-state index contributed by atoms with van der Waals surface area (Å²) < 4.78 is 26.7. The van der Waals surface area contributed by atoms with Gasteiger partial charge in [0.25, 0.3) is 0 Å². The summed E-state index contributed by atoms with van der Waals surface area (Å²) in [5.74, 6) is 0.157. The van der Waals surface area contributed by atoms with E-state index in [0.29, 0.717) is 5.92 Å². The van der Waals surface area contributed by atoms with Crippen LogP contribution < -0.4 is 5.32 Å². The highest BCUT2D eigenvalue weighted by Gasteiger charge is 2.37. The Morgan fingerprint density at radius 1 is 0.952 bits per heavy atom. The van der Waals surface area contributed by atoms with Gasteiger partial charge in [-0.25, -0.2) is 8.78 Å². The Balaban J connectivity index is 1.78. The monoisotopic (exact) mass is 283 g/mol. The van der Waals surface area contributed by atoms with Gasteiger partial charge in [0, 0.05) is 11.6 Å². The summed E-state index contributed by atoms with van der Waals surface area (Å²) in [6.07, 6.45) is 5.28. The summed E-state index contributed by atoms with van der Waals surface area (Å²) >= 11 is 0. The number of benzene rings is 2. The van der Waals surface area contributed by atoms with Crippen LogP contribution in [0.5, 0.6) is 0 Å². The van der Waals surface area contributed by atoms with Gasteiger partial charge in [-0.3, -0.25) is 0 Å². The van der Waals surface area contributed by atoms with Gasteiger partial charge in [0.2, 0.25) is 0 Å². The van der Waals surface area contributed by atoms with Crippen LogP contribution in [0, 0.1) is 17.6 Å². The molecule has 2 aromatic carbocycles. The number of rotatable bonds is 1. The number of fused-ring (bicyclic) bond motifs is 3. The van der Waals surface area contributed by atoms with Gasteiger partial charge >= 0.3 is 0 Å². The fourth-order valence-electron chi connectivity index (χ4n) is 3.57. The van der Waals surface area contributed by atoms with Crippen molar-refractivity contribution in [2.45, 2.75) is 18.4 Å². The fraction of sp³-hybridized carbons (Fsp3) is 0.222. The van der Waals surface area contributed by atoms with Crippen molar-refractivity contribution in [3.8, 4) is 0 Å². The van der Waals surface area contributed by atoms with E-state index in [-0.39, 0.29) is 23.6 Å². The van der Waals surface area contributed by atoms with E-state index >= 15 is 0 Å². The molecule has 1 nitrogen and oxygen atoms in total. The molecule has 4 rings (SSSR count). The Morgan fingerprint density at radius 2 is 1.71 bits per heavy atom. The highest BCUT2D eigenvalue weighted by Crippen LogP contribution is 2.49. The third-order valence-electron chi connectivity index (χ3n) is 4.55. The molecule has 0 amide bonds. The minimum Gasteiger partial charge on any atom is -0.378 e. The topological polar surface area (TPSA) is 12.0 Å². The molecule has 21 heavy (non-hydrogen) atoms. The third-order valence-corrected chi connectivity index (χ3v) is 4.55. The first-order valence-corrected chi connectivity index (χ1v) is 7.20. The molecule has 3 atom stereocenters. The zero-order valence-corrected chi connectivity index (χ0v) is 11.4. The Kier molecular flexibility index (Phi) is 2.81. The van der Waals surface area contributed by atoms with E-state index in [9.17, 15) is 8.78 Å². The summed E-state index contributed by atoms with van der Waals surface area (Å²) in [4.78, 5) is 0. The number of hydrogen-bond acceptors (Lipinski definition) is 1. The summed E-state index contributed by atoms with van der Waals surface area (Å²) in [5, 5.41) is 3.50. The molecule has 1 aliphatic heterocycles. The zero-order chi connectivity index (χ0) is 14.4. The predicted octanol–water partition coefficient (Wildman–Crippen LogP) is 4.79. The lowest BCUT2D eigenvalue weighted by atomic mass is 9.77. The molecule has 0 radical (unpaired) electrons. The molecule has 2 aliphatic rings. The summed E-state index contributed by atoms with van der Waals surface area (Å²) in [7, 11) is 0. The smallest absolute Gasteiger partial charge is 0.123 e. The quantitative estimate of drug-likeness (QED) is 0.742. The lowest BCUT2D eigenvalue weighted by Crippen LogP contribution is -2.29. The molecular formula is C18H15F2N. The standard InChI is InChI=1S/C18H15F2N/c19-12-6-4-11(5-7-12)18-15-3-1-2-14(15)16-10-13(20)8-9-17(16)21-18/h1-2,4-10,14-15,18,21H,3H2/t14-,15-,18-/m1/s1. The molecule has 0 saturated carbocycles. The summed E-state index contributed by atoms with van der Waals surface area (Å²) in [6.45, 7) is 0. The van der Waals surface area contributed by atoms with Crippen LogP contribution in [0.3, 0.4) is 0 Å². The van der Waals surface area contributed by atoms with Crippen LogP contribution >= 0.6 is 0 Å². The molecule has 3 heteroatoms. The van der Waals surface area contributed by atoms with Gasteiger partial charge in [0.15, 0.2) is 0 Å². The molecule has 0 spiro atoms. The normalized spacial score (nSPS) is 26.1. The number of anilines is 1. The van der Waals surface area contributed by atoms with E-state index in [1.165, 1.54) is 18.2 Å². The third kappa shape index (κ3) is 2.04. The van der Waals surface area contributed by atoms with Crippen LogP contribution in [0.15, 0.2) is 54.6 Å². The van der Waals surface area contributed by atoms with Crippen LogP contribution in [0.2, 0.25) is 0 Å². The van der Waals surface area contributed by atoms with Crippen LogP contribution in [0.4, 0.5) is 14.5 Å². The SMILES string of the molecule is Fc1ccc([C@H]2Nc3ccc(F)cc3[C@@H]3C=CC[C@@H]23)cc1. The van der Waals surface area contributed by atoms with Gasteiger partial charge in [0.1, 0.15) is 11.6 Å². The van der Waals surface area contributed by atoms with E-state index in [1.54, 1.807) is 12.1 Å². The minimum atomic E-state index is -0.224. The first-order valence-electron chi connectivity index (χ1n) is 7.20. The number of nitrogens with one attached hydrogen (secondary N) is 1. The van der Waals surface area contributed by atoms with Crippen molar-refractivity contribution in [3.05, 3.63) is 77.4 Å². The van der Waals surface area contributed by atoms with Gasteiger partial charge < -0.3 is 5.32 Å². The number of hydrogen-bond donors (Lipinski definition) is 1. The lowest BCUT2D eigenvalue weighted by Gasteiger charge is -2.37. The minimum absolute atomic E-state index is 0.128. The van der Waals surface area contributed by atoms with E-state index in [4.69, 9.17) is 0 Å². The lowest BCUT2D eigenvalue weighted by molar-refractivity contribution is 0.423. The van der Waals surface area contributed by atoms with E-state index in [1.807, 2.05) is 12.1 Å². The van der Waals surface area contributed by atoms with Crippen molar-refractivity contribution in [1.82, 2.24) is 0 Å². The molecule has 1 N–H and O–H groups in total. The second kappa shape index (κ2) is 4.69. The molecule has 0 unspecified atom stereocenters. The Hall–Kier alpha value is -2.16. The Bertz CT molecular complexity index is 706. The second-order valence-electron chi connectivity index (χ2n) is 5.76. The van der Waals surface area contributed by atoms with Crippen molar-refractivity contribution in [2.24, 2.45) is 5.92 Å². The first kappa shape index (κ1) is 12.6.